The molecule has 3 aliphatic heterocycles. The number of hydrogen-bond donors (Lipinski definition) is 7. The number of amides is 9. The lowest BCUT2D eigenvalue weighted by Gasteiger charge is -2.27. The summed E-state index contributed by atoms with van der Waals surface area (Å²) in [5.41, 5.74) is 0.804. The Morgan fingerprint density at radius 1 is 0.791 bits per heavy atom. The molecule has 4 rings (SSSR count). The van der Waals surface area contributed by atoms with Gasteiger partial charge in [0.25, 0.3) is 11.8 Å². The zero-order valence-electron chi connectivity index (χ0n) is 39.5. The maximum absolute atomic E-state index is 13.2. The predicted molar refractivity (Wildman–Crippen MR) is 243 cm³/mol. The van der Waals surface area contributed by atoms with Crippen molar-refractivity contribution in [3.05, 3.63) is 29.3 Å². The first-order valence-electron chi connectivity index (χ1n) is 22.8. The van der Waals surface area contributed by atoms with Crippen molar-refractivity contribution in [2.45, 2.75) is 111 Å². The lowest BCUT2D eigenvalue weighted by Crippen LogP contribution is -2.54. The van der Waals surface area contributed by atoms with E-state index in [0.717, 1.165) is 24.3 Å². The summed E-state index contributed by atoms with van der Waals surface area (Å²) in [6.07, 6.45) is 3.47. The van der Waals surface area contributed by atoms with Gasteiger partial charge in [0.05, 0.1) is 76.6 Å². The summed E-state index contributed by atoms with van der Waals surface area (Å²) < 4.78 is 21.9. The average Bonchev–Trinajstić information content (AvgIpc) is 3.87. The summed E-state index contributed by atoms with van der Waals surface area (Å²) in [6, 6.07) is 3.17. The van der Waals surface area contributed by atoms with Gasteiger partial charge in [-0.3, -0.25) is 53.4 Å². The third-order valence-corrected chi connectivity index (χ3v) is 9.63. The molecule has 4 atom stereocenters. The molecule has 2 saturated heterocycles. The molecule has 2 fully saturated rings. The van der Waals surface area contributed by atoms with Crippen LogP contribution in [0.4, 0.5) is 5.69 Å². The molecule has 22 nitrogen and oxygen atoms in total. The third kappa shape index (κ3) is 21.4. The van der Waals surface area contributed by atoms with E-state index in [4.69, 9.17) is 24.2 Å². The van der Waals surface area contributed by atoms with E-state index in [0.29, 0.717) is 45.1 Å². The molecule has 7 N–H and O–H groups in total. The van der Waals surface area contributed by atoms with E-state index in [1.165, 1.54) is 26.3 Å². The van der Waals surface area contributed by atoms with Gasteiger partial charge in [-0.05, 0) is 51.2 Å². The molecule has 0 radical (unpaired) electrons. The molecule has 1 aromatic rings. The predicted octanol–water partition coefficient (Wildman–Crippen LogP) is 0.449. The minimum atomic E-state index is -1.04. The molecule has 1 aromatic carbocycles. The topological polar surface area (TPSA) is 302 Å². The first-order valence-corrected chi connectivity index (χ1v) is 22.8. The molecule has 0 aliphatic carbocycles. The Morgan fingerprint density at radius 2 is 1.42 bits per heavy atom. The van der Waals surface area contributed by atoms with Crippen molar-refractivity contribution < 1.29 is 62.1 Å². The van der Waals surface area contributed by atoms with Crippen LogP contribution in [0.15, 0.2) is 18.2 Å². The second kappa shape index (κ2) is 31.8. The highest BCUT2D eigenvalue weighted by molar-refractivity contribution is 6.25. The molecular weight excluding hydrogens is 875 g/mol. The molecule has 22 heteroatoms. The molecule has 4 unspecified atom stereocenters. The fourth-order valence-corrected chi connectivity index (χ4v) is 6.41. The lowest BCUT2D eigenvalue weighted by atomic mass is 10.0. The van der Waals surface area contributed by atoms with Gasteiger partial charge in [-0.1, -0.05) is 40.2 Å². The van der Waals surface area contributed by atoms with Gasteiger partial charge in [0.15, 0.2) is 0 Å². The van der Waals surface area contributed by atoms with E-state index in [1.807, 2.05) is 19.9 Å². The molecular formula is C45H69N9O13. The normalized spacial score (nSPS) is 16.4. The number of nitriles is 1. The summed E-state index contributed by atoms with van der Waals surface area (Å²) in [5, 5.41) is 26.9. The van der Waals surface area contributed by atoms with Gasteiger partial charge in [0.2, 0.25) is 41.4 Å². The van der Waals surface area contributed by atoms with E-state index in [9.17, 15) is 43.2 Å². The van der Waals surface area contributed by atoms with Crippen LogP contribution in [0.25, 0.3) is 0 Å². The molecule has 0 spiro atoms. The van der Waals surface area contributed by atoms with Gasteiger partial charge in [-0.2, -0.15) is 5.26 Å². The van der Waals surface area contributed by atoms with Crippen molar-refractivity contribution in [1.82, 2.24) is 36.8 Å². The summed E-state index contributed by atoms with van der Waals surface area (Å²) in [7, 11) is 0. The number of nitrogens with one attached hydrogen (secondary N) is 7. The lowest BCUT2D eigenvalue weighted by molar-refractivity contribution is -0.136. The SMILES string of the molecule is CC(C)CC(NC(=O)CNC(=O)C(C)NC(=O)CCOCCOCCOCCOCCNc1cccc2c1C(=O)N(C1CCC(=O)NC1=O)C2=O)C(=O)NC(C)C#N.CCC.O=C1CCCN1. The average molecular weight is 944 g/mol. The number of nitrogens with zero attached hydrogens (tertiary/aromatic N) is 2. The summed E-state index contributed by atoms with van der Waals surface area (Å²) in [5.74, 6) is -4.08. The number of ether oxygens (including phenoxy) is 4. The van der Waals surface area contributed by atoms with E-state index in [1.54, 1.807) is 12.1 Å². The summed E-state index contributed by atoms with van der Waals surface area (Å²) in [6.45, 7) is 14.0. The molecule has 9 amide bonds. The zero-order chi connectivity index (χ0) is 49.7. The number of piperidine rings is 1. The Bertz CT molecular complexity index is 1860. The van der Waals surface area contributed by atoms with Crippen molar-refractivity contribution in [3.8, 4) is 6.07 Å². The fourth-order valence-electron chi connectivity index (χ4n) is 6.41. The summed E-state index contributed by atoms with van der Waals surface area (Å²) in [4.78, 5) is 110. The Labute approximate surface area is 392 Å². The van der Waals surface area contributed by atoms with Crippen molar-refractivity contribution in [2.75, 3.05) is 77.8 Å². The standard InChI is InChI=1S/C38H54N8O12.C4H7NO.C3H8/c1-23(2)20-28(35(51)42-24(3)21-39)44-32(49)22-41-34(50)25(4)43-31(48)10-12-55-14-16-57-18-19-58-17-15-56-13-11-40-27-7-5-6-26-33(27)38(54)46(37(26)53)29-8-9-30(47)45-36(29)52;6-4-2-1-3-5-4;1-3-2/h5-7,23-25,28-29,40H,8-20,22H2,1-4H3,(H,41,50)(H,42,51)(H,43,48)(H,44,49)(H,45,47,52);1-3H2,(H,5,6);3H2,1-2H3. The Kier molecular flexibility index (Phi) is 27.1. The number of carbonyl (C=O) groups excluding carboxylic acids is 9. The molecule has 3 heterocycles. The number of benzene rings is 1. The van der Waals surface area contributed by atoms with Crippen LogP contribution in [0.2, 0.25) is 0 Å². The van der Waals surface area contributed by atoms with Crippen LogP contribution >= 0.6 is 0 Å². The number of carbonyl (C=O) groups is 9. The molecule has 67 heavy (non-hydrogen) atoms. The van der Waals surface area contributed by atoms with E-state index in [-0.39, 0.29) is 68.6 Å². The van der Waals surface area contributed by atoms with E-state index < -0.39 is 78.0 Å². The monoisotopic (exact) mass is 944 g/mol. The molecule has 0 aromatic heterocycles. The first-order chi connectivity index (χ1) is 32.0. The fraction of sp³-hybridized carbons (Fsp3) is 0.644. The second-order valence-electron chi connectivity index (χ2n) is 16.1. The van der Waals surface area contributed by atoms with Crippen LogP contribution in [0.1, 0.15) is 107 Å². The van der Waals surface area contributed by atoms with Crippen LogP contribution in [-0.2, 0) is 52.5 Å². The smallest absolute Gasteiger partial charge is 0.264 e. The van der Waals surface area contributed by atoms with Crippen molar-refractivity contribution >= 4 is 58.9 Å². The van der Waals surface area contributed by atoms with Crippen LogP contribution < -0.4 is 37.2 Å². The third-order valence-electron chi connectivity index (χ3n) is 9.63. The highest BCUT2D eigenvalue weighted by Crippen LogP contribution is 2.32. The van der Waals surface area contributed by atoms with Crippen LogP contribution in [0, 0.1) is 17.2 Å². The van der Waals surface area contributed by atoms with E-state index in [2.05, 4.69) is 51.1 Å². The molecule has 3 aliphatic rings. The van der Waals surface area contributed by atoms with Crippen molar-refractivity contribution in [3.63, 3.8) is 0 Å². The summed E-state index contributed by atoms with van der Waals surface area (Å²) >= 11 is 0. The highest BCUT2D eigenvalue weighted by Gasteiger charge is 2.45. The minimum Gasteiger partial charge on any atom is -0.382 e. The van der Waals surface area contributed by atoms with Gasteiger partial charge < -0.3 is 50.8 Å². The first kappa shape index (κ1) is 57.1. The number of rotatable bonds is 26. The van der Waals surface area contributed by atoms with Crippen LogP contribution in [-0.4, -0.2) is 155 Å². The van der Waals surface area contributed by atoms with Gasteiger partial charge in [0, 0.05) is 38.0 Å². The van der Waals surface area contributed by atoms with Crippen molar-refractivity contribution in [2.24, 2.45) is 5.92 Å². The molecule has 0 saturated carbocycles. The number of fused-ring (bicyclic) bond motifs is 1. The van der Waals surface area contributed by atoms with Crippen LogP contribution in [0.3, 0.4) is 0 Å². The second-order valence-corrected chi connectivity index (χ2v) is 16.1. The number of hydrogen-bond acceptors (Lipinski definition) is 15. The van der Waals surface area contributed by atoms with Crippen LogP contribution in [0.5, 0.6) is 0 Å². The van der Waals surface area contributed by atoms with Gasteiger partial charge in [-0.25, -0.2) is 0 Å². The van der Waals surface area contributed by atoms with E-state index >= 15 is 0 Å². The largest absolute Gasteiger partial charge is 0.382 e. The number of imide groups is 2. The van der Waals surface area contributed by atoms with Gasteiger partial charge in [0.1, 0.15) is 24.2 Å². The Balaban J connectivity index is 0.00000154. The maximum Gasteiger partial charge on any atom is 0.264 e. The van der Waals surface area contributed by atoms with Gasteiger partial charge in [-0.15, -0.1) is 0 Å². The van der Waals surface area contributed by atoms with Gasteiger partial charge >= 0.3 is 0 Å². The number of anilines is 1. The molecule has 0 bridgehead atoms. The minimum absolute atomic E-state index is 0.00163. The molecule has 372 valence electrons. The van der Waals surface area contributed by atoms with Crippen molar-refractivity contribution in [1.29, 1.82) is 5.26 Å². The quantitative estimate of drug-likeness (QED) is 0.0490. The maximum atomic E-state index is 13.2. The highest BCUT2D eigenvalue weighted by atomic mass is 16.6. The Hall–Kier alpha value is -6.02. The Morgan fingerprint density at radius 3 is 1.97 bits per heavy atom. The zero-order valence-corrected chi connectivity index (χ0v) is 39.5.